The van der Waals surface area contributed by atoms with Crippen molar-refractivity contribution in [3.63, 3.8) is 0 Å². The molecule has 0 bridgehead atoms. The largest absolute Gasteiger partial charge is 0.560 e. The smallest absolute Gasteiger partial charge is 0.280 e. The fraction of sp³-hybridized carbons (Fsp3) is 0.250. The molecule has 0 saturated carbocycles. The van der Waals surface area contributed by atoms with E-state index in [0.29, 0.717) is 0 Å². The molecule has 0 aromatic heterocycles. The Morgan fingerprint density at radius 2 is 1.57 bits per heavy atom. The van der Waals surface area contributed by atoms with E-state index in [1.165, 1.54) is 0 Å². The van der Waals surface area contributed by atoms with Crippen LogP contribution in [0.2, 0.25) is 0 Å². The minimum atomic E-state index is 0.0417. The van der Waals surface area contributed by atoms with Crippen molar-refractivity contribution < 1.29 is 0 Å². The number of allylic oxidation sites excluding steroid dienone is 1. The molecule has 0 heterocycles. The maximum atomic E-state index is 3.44. The van der Waals surface area contributed by atoms with Crippen LogP contribution in [0.4, 0.5) is 0 Å². The summed E-state index contributed by atoms with van der Waals surface area (Å²) >= 11 is 6.44. The molecule has 0 amide bonds. The third-order valence-corrected chi connectivity index (χ3v) is 0. The Kier molecular flexibility index (Phi) is 16.8. The lowest BCUT2D eigenvalue weighted by Gasteiger charge is -1.65. The van der Waals surface area contributed by atoms with Gasteiger partial charge in [-0.15, -0.1) is 6.58 Å². The van der Waals surface area contributed by atoms with E-state index in [9.17, 15) is 0 Å². The van der Waals surface area contributed by atoms with Crippen LogP contribution in [0.5, 0.6) is 0 Å². The van der Waals surface area contributed by atoms with Crippen LogP contribution in [0, 0.1) is 6.92 Å². The van der Waals surface area contributed by atoms with Gasteiger partial charge in [-0.05, 0) is 13.8 Å². The lowest BCUT2D eigenvalue weighted by Crippen LogP contribution is -1.44. The van der Waals surface area contributed by atoms with Gasteiger partial charge in [0.25, 0.3) is 0 Å². The van der Waals surface area contributed by atoms with Crippen molar-refractivity contribution in [1.82, 2.24) is 0 Å². The average Bonchev–Trinajstić information content (AvgIpc) is 1.33. The van der Waals surface area contributed by atoms with Crippen molar-refractivity contribution in [1.29, 1.82) is 0 Å². The summed E-state index contributed by atoms with van der Waals surface area (Å²) in [4.78, 5) is 0. The highest BCUT2D eigenvalue weighted by atomic mass is 79.9. The molecule has 0 aliphatic carbocycles. The molecule has 0 aromatic rings. The van der Waals surface area contributed by atoms with Gasteiger partial charge in [0.05, 0.1) is 0 Å². The molecule has 0 fully saturated rings. The first kappa shape index (κ1) is 11.3. The molecule has 39 valence electrons. The van der Waals surface area contributed by atoms with E-state index in [2.05, 4.69) is 39.3 Å². The van der Waals surface area contributed by atoms with Crippen molar-refractivity contribution >= 4 is 41.8 Å². The maximum absolute atomic E-state index is 3.44. The molecule has 0 unspecified atom stereocenters. The highest BCUT2D eigenvalue weighted by Gasteiger charge is 1.62. The summed E-state index contributed by atoms with van der Waals surface area (Å²) in [6.07, 6.45) is 0. The van der Waals surface area contributed by atoms with Gasteiger partial charge in [-0.2, -0.15) is 0 Å². The summed E-state index contributed by atoms with van der Waals surface area (Å²) in [6, 6.07) is 0. The standard InChI is InChI=1S/C4H7.2BrH.Mg/c1-4(2)3;;;/h1-2H2,3H3;2*1H;/q;;;+2/p-2. The van der Waals surface area contributed by atoms with Crippen molar-refractivity contribution in [2.75, 3.05) is 0 Å². The molecular formula is C4H7Br2Mg. The monoisotopic (exact) mass is 237 g/mol. The van der Waals surface area contributed by atoms with E-state index in [4.69, 9.17) is 0 Å². The van der Waals surface area contributed by atoms with Gasteiger partial charge in [-0.3, -0.25) is 25.8 Å². The molecular weight excluding hydrogens is 232 g/mol. The van der Waals surface area contributed by atoms with E-state index in [1.807, 2.05) is 6.92 Å². The summed E-state index contributed by atoms with van der Waals surface area (Å²) in [5, 5.41) is 0. The SMILES string of the molecule is [Br][Mg][Br].[CH2]C(=C)C. The quantitative estimate of drug-likeness (QED) is 0.570. The second kappa shape index (κ2) is 10.4. The Labute approximate surface area is 67.2 Å². The number of rotatable bonds is 0. The van der Waals surface area contributed by atoms with Gasteiger partial charge in [0, 0.05) is 0 Å². The molecule has 0 aliphatic heterocycles. The molecule has 1 radical (unpaired) electrons. The van der Waals surface area contributed by atoms with Crippen molar-refractivity contribution in [3.05, 3.63) is 19.1 Å². The summed E-state index contributed by atoms with van der Waals surface area (Å²) in [6.45, 7) is 8.75. The minimum absolute atomic E-state index is 0.0417. The molecule has 0 saturated heterocycles. The Morgan fingerprint density at radius 1 is 1.57 bits per heavy atom. The maximum Gasteiger partial charge on any atom is 0.560 e. The van der Waals surface area contributed by atoms with Gasteiger partial charge in [-0.1, -0.05) is 5.57 Å². The van der Waals surface area contributed by atoms with Crippen LogP contribution >= 0.6 is 25.8 Å². The summed E-state index contributed by atoms with van der Waals surface area (Å²) < 4.78 is 0. The van der Waals surface area contributed by atoms with Crippen LogP contribution in [0.1, 0.15) is 6.92 Å². The molecule has 0 nitrogen and oxygen atoms in total. The highest BCUT2D eigenvalue weighted by Crippen LogP contribution is 1.77. The summed E-state index contributed by atoms with van der Waals surface area (Å²) in [5.74, 6) is 0. The van der Waals surface area contributed by atoms with Crippen LogP contribution < -0.4 is 0 Å². The van der Waals surface area contributed by atoms with Crippen molar-refractivity contribution in [3.8, 4) is 0 Å². The van der Waals surface area contributed by atoms with Crippen LogP contribution in [0.15, 0.2) is 12.2 Å². The molecule has 3 heteroatoms. The average molecular weight is 239 g/mol. The first-order valence-electron chi connectivity index (χ1n) is 1.74. The van der Waals surface area contributed by atoms with Crippen molar-refractivity contribution in [2.45, 2.75) is 6.92 Å². The fourth-order valence-corrected chi connectivity index (χ4v) is 0. The topological polar surface area (TPSA) is 0 Å². The van der Waals surface area contributed by atoms with E-state index < -0.39 is 0 Å². The first-order valence-corrected chi connectivity index (χ1v) is 9.54. The third-order valence-electron chi connectivity index (χ3n) is 0. The lowest BCUT2D eigenvalue weighted by atomic mass is 10.4. The number of hydrogen-bond donors (Lipinski definition) is 0. The number of halogens is 2. The Bertz CT molecular complexity index is 41.0. The van der Waals surface area contributed by atoms with Crippen LogP contribution in [-0.2, 0) is 0 Å². The van der Waals surface area contributed by atoms with E-state index in [-0.39, 0.29) is 16.0 Å². The Balaban J connectivity index is 0. The van der Waals surface area contributed by atoms with E-state index in [0.717, 1.165) is 5.57 Å². The van der Waals surface area contributed by atoms with Gasteiger partial charge in [0.2, 0.25) is 0 Å². The molecule has 7 heavy (non-hydrogen) atoms. The molecule has 0 spiro atoms. The number of hydrogen-bond acceptors (Lipinski definition) is 0. The van der Waals surface area contributed by atoms with Gasteiger partial charge in [0.1, 0.15) is 0 Å². The molecule has 0 aliphatic rings. The fourth-order valence-electron chi connectivity index (χ4n) is 0. The Morgan fingerprint density at radius 3 is 1.57 bits per heavy atom. The Hall–Kier alpha value is 1.47. The second-order valence-corrected chi connectivity index (χ2v) is 9.14. The predicted molar refractivity (Wildman–Crippen MR) is 43.8 cm³/mol. The zero-order chi connectivity index (χ0) is 6.28. The van der Waals surface area contributed by atoms with Crippen LogP contribution in [-0.4, -0.2) is 16.0 Å². The third kappa shape index (κ3) is 104. The van der Waals surface area contributed by atoms with Gasteiger partial charge in [-0.25, -0.2) is 0 Å². The van der Waals surface area contributed by atoms with E-state index >= 15 is 0 Å². The highest BCUT2D eigenvalue weighted by molar-refractivity contribution is 9.47. The van der Waals surface area contributed by atoms with Gasteiger partial charge >= 0.3 is 16.0 Å². The molecule has 0 atom stereocenters. The lowest BCUT2D eigenvalue weighted by molar-refractivity contribution is 1.58. The molecule has 0 N–H and O–H groups in total. The predicted octanol–water partition coefficient (Wildman–Crippen LogP) is 2.71. The first-order chi connectivity index (χ1) is 3.15. The summed E-state index contributed by atoms with van der Waals surface area (Å²) in [5.41, 5.74) is 0.917. The summed E-state index contributed by atoms with van der Waals surface area (Å²) in [7, 11) is 0. The normalized spacial score (nSPS) is 5.14. The molecule has 0 rings (SSSR count). The molecule has 0 aromatic carbocycles. The van der Waals surface area contributed by atoms with Crippen LogP contribution in [0.3, 0.4) is 0 Å². The van der Waals surface area contributed by atoms with E-state index in [1.54, 1.807) is 0 Å². The minimum Gasteiger partial charge on any atom is -0.280 e. The second-order valence-electron chi connectivity index (χ2n) is 1.06. The van der Waals surface area contributed by atoms with Gasteiger partial charge in [0.15, 0.2) is 0 Å². The van der Waals surface area contributed by atoms with Crippen LogP contribution in [0.25, 0.3) is 0 Å². The van der Waals surface area contributed by atoms with Gasteiger partial charge < -0.3 is 0 Å². The zero-order valence-corrected chi connectivity index (χ0v) is 8.96. The van der Waals surface area contributed by atoms with Crippen molar-refractivity contribution in [2.24, 2.45) is 0 Å². The zero-order valence-electron chi connectivity index (χ0n) is 4.38.